The van der Waals surface area contributed by atoms with Crippen LogP contribution in [0.1, 0.15) is 18.9 Å². The van der Waals surface area contributed by atoms with Crippen molar-refractivity contribution >= 4 is 17.6 Å². The lowest BCUT2D eigenvalue weighted by atomic mass is 10.00. The molecule has 6 nitrogen and oxygen atoms in total. The minimum Gasteiger partial charge on any atom is -0.493 e. The Hall–Kier alpha value is -2.81. The quantitative estimate of drug-likeness (QED) is 0.583. The maximum Gasteiger partial charge on any atom is 0.573 e. The zero-order valence-electron chi connectivity index (χ0n) is 15.8. The minimum atomic E-state index is -4.79. The average molecular weight is 447 g/mol. The van der Waals surface area contributed by atoms with Crippen molar-refractivity contribution in [3.8, 4) is 23.0 Å². The molecule has 0 fully saturated rings. The number of ether oxygens (including phenoxy) is 4. The third-order valence-electron chi connectivity index (χ3n) is 4.30. The zero-order chi connectivity index (χ0) is 21.9. The normalized spacial score (nSPS) is 17.8. The van der Waals surface area contributed by atoms with Gasteiger partial charge < -0.3 is 24.1 Å². The van der Waals surface area contributed by atoms with E-state index in [0.717, 1.165) is 17.7 Å². The van der Waals surface area contributed by atoms with Crippen LogP contribution in [0.15, 0.2) is 36.4 Å². The summed E-state index contributed by atoms with van der Waals surface area (Å²) >= 11 is 5.91. The Morgan fingerprint density at radius 3 is 2.53 bits per heavy atom. The smallest absolute Gasteiger partial charge is 0.493 e. The Morgan fingerprint density at radius 1 is 1.17 bits per heavy atom. The molecule has 10 heteroatoms. The summed E-state index contributed by atoms with van der Waals surface area (Å²) in [5, 5.41) is 9.25. The molecular formula is C20H18ClF3O6. The van der Waals surface area contributed by atoms with Crippen molar-refractivity contribution in [2.45, 2.75) is 31.7 Å². The predicted octanol–water partition coefficient (Wildman–Crippen LogP) is 4.86. The van der Waals surface area contributed by atoms with Gasteiger partial charge in [-0.15, -0.1) is 13.2 Å². The molecule has 0 saturated carbocycles. The first kappa shape index (κ1) is 21.9. The molecule has 162 valence electrons. The summed E-state index contributed by atoms with van der Waals surface area (Å²) in [6.45, 7) is 2.05. The molecule has 1 heterocycles. The lowest BCUT2D eigenvalue weighted by Gasteiger charge is -2.17. The second-order valence-corrected chi connectivity index (χ2v) is 7.18. The fourth-order valence-corrected chi connectivity index (χ4v) is 3.10. The van der Waals surface area contributed by atoms with Gasteiger partial charge in [-0.25, -0.2) is 4.79 Å². The summed E-state index contributed by atoms with van der Waals surface area (Å²) < 4.78 is 57.0. The van der Waals surface area contributed by atoms with E-state index < -0.39 is 23.7 Å². The highest BCUT2D eigenvalue weighted by Gasteiger charge is 2.42. The molecule has 1 aliphatic rings. The monoisotopic (exact) mass is 446 g/mol. The minimum absolute atomic E-state index is 0.00206. The van der Waals surface area contributed by atoms with E-state index in [2.05, 4.69) is 4.74 Å². The van der Waals surface area contributed by atoms with Crippen LogP contribution in [-0.4, -0.2) is 36.3 Å². The van der Waals surface area contributed by atoms with Crippen LogP contribution in [-0.2, 0) is 11.2 Å². The Labute approximate surface area is 175 Å². The lowest BCUT2D eigenvalue weighted by Crippen LogP contribution is -2.39. The van der Waals surface area contributed by atoms with Crippen LogP contribution in [0.2, 0.25) is 5.02 Å². The highest BCUT2D eigenvalue weighted by atomic mass is 35.5. The van der Waals surface area contributed by atoms with Crippen molar-refractivity contribution < 1.29 is 42.0 Å². The van der Waals surface area contributed by atoms with Gasteiger partial charge in [0.2, 0.25) is 5.60 Å². The molecule has 0 spiro atoms. The average Bonchev–Trinajstić information content (AvgIpc) is 2.98. The highest BCUT2D eigenvalue weighted by molar-refractivity contribution is 6.32. The number of carbonyl (C=O) groups is 1. The van der Waals surface area contributed by atoms with Crippen LogP contribution in [0.3, 0.4) is 0 Å². The van der Waals surface area contributed by atoms with Gasteiger partial charge >= 0.3 is 12.3 Å². The van der Waals surface area contributed by atoms with E-state index in [1.54, 1.807) is 18.2 Å². The fraction of sp³-hybridized carbons (Fsp3) is 0.350. The third-order valence-corrected chi connectivity index (χ3v) is 4.59. The van der Waals surface area contributed by atoms with Gasteiger partial charge in [0.05, 0.1) is 18.2 Å². The van der Waals surface area contributed by atoms with Gasteiger partial charge in [-0.3, -0.25) is 0 Å². The van der Waals surface area contributed by atoms with Crippen molar-refractivity contribution in [2.75, 3.05) is 13.2 Å². The van der Waals surface area contributed by atoms with Gasteiger partial charge in [0.25, 0.3) is 0 Å². The predicted molar refractivity (Wildman–Crippen MR) is 101 cm³/mol. The molecule has 0 saturated heterocycles. The molecule has 0 unspecified atom stereocenters. The van der Waals surface area contributed by atoms with Crippen LogP contribution in [0.25, 0.3) is 0 Å². The van der Waals surface area contributed by atoms with Crippen LogP contribution in [0.4, 0.5) is 13.2 Å². The summed E-state index contributed by atoms with van der Waals surface area (Å²) in [7, 11) is 0. The molecule has 30 heavy (non-hydrogen) atoms. The molecule has 2 aromatic rings. The van der Waals surface area contributed by atoms with Crippen molar-refractivity contribution in [1.82, 2.24) is 0 Å². The van der Waals surface area contributed by atoms with E-state index in [1.807, 2.05) is 0 Å². The standard InChI is InChI=1S/C20H18ClF3O6/c1-19(18(25)26)11-12-9-13(3-5-16(12)30-19)27-7-2-8-28-17-6-4-14(10-15(17)21)29-20(22,23)24/h3-6,9-10H,2,7-8,11H2,1H3,(H,25,26)/t19-/m0/s1. The lowest BCUT2D eigenvalue weighted by molar-refractivity contribution is -0.274. The number of hydrogen-bond donors (Lipinski definition) is 1. The largest absolute Gasteiger partial charge is 0.573 e. The highest BCUT2D eigenvalue weighted by Crippen LogP contribution is 2.37. The molecule has 0 aliphatic carbocycles. The van der Waals surface area contributed by atoms with Crippen LogP contribution in [0.5, 0.6) is 23.0 Å². The Balaban J connectivity index is 1.45. The SMILES string of the molecule is C[C@@]1(C(=O)O)Cc2cc(OCCCOc3ccc(OC(F)(F)F)cc3Cl)ccc2O1. The van der Waals surface area contributed by atoms with E-state index >= 15 is 0 Å². The van der Waals surface area contributed by atoms with E-state index in [-0.39, 0.29) is 23.8 Å². The van der Waals surface area contributed by atoms with Crippen molar-refractivity contribution in [3.63, 3.8) is 0 Å². The number of aliphatic carboxylic acids is 1. The molecule has 1 atom stereocenters. The second kappa shape index (κ2) is 8.51. The number of benzene rings is 2. The topological polar surface area (TPSA) is 74.2 Å². The maximum atomic E-state index is 12.2. The molecule has 0 aromatic heterocycles. The number of carboxylic acid groups (broad SMARTS) is 1. The fourth-order valence-electron chi connectivity index (χ4n) is 2.87. The molecule has 0 bridgehead atoms. The van der Waals surface area contributed by atoms with Crippen molar-refractivity contribution in [3.05, 3.63) is 47.0 Å². The number of carboxylic acids is 1. The summed E-state index contributed by atoms with van der Waals surface area (Å²) in [6.07, 6.45) is -4.07. The summed E-state index contributed by atoms with van der Waals surface area (Å²) in [6, 6.07) is 8.52. The van der Waals surface area contributed by atoms with E-state index in [1.165, 1.54) is 13.0 Å². The first-order chi connectivity index (χ1) is 14.1. The summed E-state index contributed by atoms with van der Waals surface area (Å²) in [5.74, 6) is -0.145. The molecule has 1 aliphatic heterocycles. The Kier molecular flexibility index (Phi) is 6.21. The Bertz CT molecular complexity index is 933. The van der Waals surface area contributed by atoms with Gasteiger partial charge in [-0.1, -0.05) is 11.6 Å². The van der Waals surface area contributed by atoms with Crippen LogP contribution in [0, 0.1) is 0 Å². The molecule has 2 aromatic carbocycles. The number of fused-ring (bicyclic) bond motifs is 1. The first-order valence-corrected chi connectivity index (χ1v) is 9.30. The number of halogens is 4. The molecule has 0 radical (unpaired) electrons. The van der Waals surface area contributed by atoms with Crippen LogP contribution < -0.4 is 18.9 Å². The van der Waals surface area contributed by atoms with Crippen molar-refractivity contribution in [1.29, 1.82) is 0 Å². The van der Waals surface area contributed by atoms with Gasteiger partial charge in [-0.05, 0) is 37.3 Å². The second-order valence-electron chi connectivity index (χ2n) is 6.77. The molecule has 1 N–H and O–H groups in total. The molecule has 3 rings (SSSR count). The number of hydrogen-bond acceptors (Lipinski definition) is 5. The third kappa shape index (κ3) is 5.41. The summed E-state index contributed by atoms with van der Waals surface area (Å²) in [4.78, 5) is 11.3. The number of alkyl halides is 3. The van der Waals surface area contributed by atoms with Gasteiger partial charge in [0, 0.05) is 24.5 Å². The molecular weight excluding hydrogens is 429 g/mol. The molecule has 0 amide bonds. The zero-order valence-corrected chi connectivity index (χ0v) is 16.5. The van der Waals surface area contributed by atoms with E-state index in [9.17, 15) is 23.1 Å². The Morgan fingerprint density at radius 2 is 1.87 bits per heavy atom. The van der Waals surface area contributed by atoms with Crippen molar-refractivity contribution in [2.24, 2.45) is 0 Å². The maximum absolute atomic E-state index is 12.2. The van der Waals surface area contributed by atoms with Crippen LogP contribution >= 0.6 is 11.6 Å². The van der Waals surface area contributed by atoms with Gasteiger partial charge in [0.15, 0.2) is 0 Å². The summed E-state index contributed by atoms with van der Waals surface area (Å²) in [5.41, 5.74) is -0.532. The van der Waals surface area contributed by atoms with E-state index in [0.29, 0.717) is 24.5 Å². The van der Waals surface area contributed by atoms with Gasteiger partial charge in [-0.2, -0.15) is 0 Å². The first-order valence-electron chi connectivity index (χ1n) is 8.92. The van der Waals surface area contributed by atoms with Gasteiger partial charge in [0.1, 0.15) is 23.0 Å². The number of rotatable bonds is 8. The van der Waals surface area contributed by atoms with E-state index in [4.69, 9.17) is 25.8 Å².